The number of nitrogens with zero attached hydrogens (tertiary/aromatic N) is 2. The van der Waals surface area contributed by atoms with Crippen molar-refractivity contribution in [3.63, 3.8) is 0 Å². The second-order valence-electron chi connectivity index (χ2n) is 20.8. The van der Waals surface area contributed by atoms with Crippen LogP contribution in [0.25, 0.3) is 0 Å². The van der Waals surface area contributed by atoms with Gasteiger partial charge >= 0.3 is 0 Å². The number of likely N-dealkylation sites (tertiary alicyclic amines) is 2. The number of aromatic hydroxyl groups is 2. The summed E-state index contributed by atoms with van der Waals surface area (Å²) >= 11 is 19.2. The van der Waals surface area contributed by atoms with Gasteiger partial charge < -0.3 is 30.8 Å². The average Bonchev–Trinajstić information content (AvgIpc) is 4.53. The first-order valence-corrected chi connectivity index (χ1v) is 30.2. The molecule has 6 N–H and O–H groups in total. The minimum atomic E-state index is -1.22. The third kappa shape index (κ3) is 12.9. The molecule has 1 unspecified atom stereocenters. The Kier molecular flexibility index (Phi) is 19.9. The molecule has 8 aromatic rings. The largest absolute Gasteiger partial charge is 0.507 e. The second-order valence-corrected chi connectivity index (χ2v) is 22.8. The molecule has 8 nitrogen and oxygen atoms in total. The zero-order valence-electron chi connectivity index (χ0n) is 44.2. The number of nitrogens with one attached hydrogen (secondary N) is 1. The van der Waals surface area contributed by atoms with Crippen LogP contribution in [0.4, 0.5) is 0 Å². The van der Waals surface area contributed by atoms with E-state index >= 15 is 0 Å². The molecule has 0 amide bonds. The van der Waals surface area contributed by atoms with Gasteiger partial charge in [-0.05, 0) is 116 Å². The maximum absolute atomic E-state index is 12.6. The molecule has 11 rings (SSSR count). The second kappa shape index (κ2) is 27.0. The van der Waals surface area contributed by atoms with E-state index in [1.807, 2.05) is 194 Å². The Morgan fingerprint density at radius 2 is 0.709 bits per heavy atom. The number of hydrogen-bond acceptors (Lipinski definition) is 8. The summed E-state index contributed by atoms with van der Waals surface area (Å²) in [7, 11) is 0. The maximum Gasteiger partial charge on any atom is 0.130 e. The highest BCUT2D eigenvalue weighted by Crippen LogP contribution is 2.45. The number of rotatable bonds is 15. The van der Waals surface area contributed by atoms with Crippen LogP contribution in [0, 0.1) is 0 Å². The SMILES string of the molecule is OC(c1ccccc1)(c1ccccc1)[C@@H]1CCCN1.Oc1c(CBr)cc(Cl)cc1CBr.Oc1c(CN2CCCC2C(O)(c2ccccc2)c2ccccc2)cc(Cl)cc1CN1CCC[C@@H]1C(O)(c1ccccc1)c1ccccc1. The zero-order chi connectivity index (χ0) is 55.4. The lowest BCUT2D eigenvalue weighted by Gasteiger charge is -2.41. The van der Waals surface area contributed by atoms with Crippen LogP contribution in [0.2, 0.25) is 10.0 Å². The summed E-state index contributed by atoms with van der Waals surface area (Å²) < 4.78 is 0. The monoisotopic (exact) mass is 1220 g/mol. The first-order valence-electron chi connectivity index (χ1n) is 27.2. The van der Waals surface area contributed by atoms with Gasteiger partial charge in [0.05, 0.1) is 0 Å². The minimum Gasteiger partial charge on any atom is -0.507 e. The molecular formula is C67H69Br2Cl2N3O5. The quantitative estimate of drug-likeness (QED) is 0.0562. The van der Waals surface area contributed by atoms with Gasteiger partial charge in [-0.2, -0.15) is 0 Å². The molecule has 12 heteroatoms. The lowest BCUT2D eigenvalue weighted by molar-refractivity contribution is -0.00733. The molecule has 3 aliphatic heterocycles. The molecule has 0 saturated carbocycles. The van der Waals surface area contributed by atoms with Gasteiger partial charge in [-0.25, -0.2) is 0 Å². The van der Waals surface area contributed by atoms with Gasteiger partial charge in [-0.3, -0.25) is 9.80 Å². The molecule has 0 spiro atoms. The van der Waals surface area contributed by atoms with Gasteiger partial charge in [-0.1, -0.05) is 237 Å². The Morgan fingerprint density at radius 3 is 1.00 bits per heavy atom. The van der Waals surface area contributed by atoms with Crippen molar-refractivity contribution in [2.45, 2.75) is 97.2 Å². The standard InChI is InChI=1S/C42H43ClN2O3.C17H19NO.C8H7Br2ClO/c43-37-27-31(29-44-25-13-23-38(44)41(47,33-15-5-1-6-16-33)34-17-7-2-8-18-34)40(46)32(28-37)30-45-26-14-24-39(45)42(48,35-19-9-3-10-20-35)36-21-11-4-12-22-36;19-17(16-12-7-13-18-16,14-8-3-1-4-9-14)15-10-5-2-6-11-15;9-3-5-1-7(11)2-6(4-10)8(5)12/h1-12,15-22,27-28,38-39,46-48H,13-14,23-26,29-30H2;1-6,8-11,16,18-19H,7,12-13H2;1-2,12H,3-4H2/t38-,39?;16-;/m10./s1. The predicted octanol–water partition coefficient (Wildman–Crippen LogP) is 14.4. The Balaban J connectivity index is 0.000000198. The van der Waals surface area contributed by atoms with Gasteiger partial charge in [0.2, 0.25) is 0 Å². The third-order valence-electron chi connectivity index (χ3n) is 16.0. The number of halogens is 4. The van der Waals surface area contributed by atoms with Crippen LogP contribution in [0.3, 0.4) is 0 Å². The highest BCUT2D eigenvalue weighted by Gasteiger charge is 2.47. The van der Waals surface area contributed by atoms with E-state index in [1.54, 1.807) is 12.1 Å². The van der Waals surface area contributed by atoms with Crippen molar-refractivity contribution in [1.29, 1.82) is 0 Å². The van der Waals surface area contributed by atoms with Crippen LogP contribution in [0.1, 0.15) is 94.2 Å². The fraction of sp³-hybridized carbons (Fsp3) is 0.284. The Morgan fingerprint density at radius 1 is 0.418 bits per heavy atom. The van der Waals surface area contributed by atoms with Gasteiger partial charge in [0.15, 0.2) is 0 Å². The first kappa shape index (κ1) is 58.3. The van der Waals surface area contributed by atoms with Crippen molar-refractivity contribution in [2.24, 2.45) is 0 Å². The lowest BCUT2D eigenvalue weighted by Crippen LogP contribution is -2.48. The van der Waals surface area contributed by atoms with Crippen molar-refractivity contribution in [3.05, 3.63) is 272 Å². The van der Waals surface area contributed by atoms with Crippen LogP contribution in [0.15, 0.2) is 206 Å². The summed E-state index contributed by atoms with van der Waals surface area (Å²) in [5.74, 6) is 0.537. The fourth-order valence-electron chi connectivity index (χ4n) is 12.2. The first-order chi connectivity index (χ1) is 38.4. The minimum absolute atomic E-state index is 0.0808. The molecule has 79 heavy (non-hydrogen) atoms. The smallest absolute Gasteiger partial charge is 0.130 e. The third-order valence-corrected chi connectivity index (χ3v) is 17.7. The molecule has 0 aliphatic carbocycles. The molecule has 0 aromatic heterocycles. The number of alkyl halides is 2. The summed E-state index contributed by atoms with van der Waals surface area (Å²) in [4.78, 5) is 4.58. The summed E-state index contributed by atoms with van der Waals surface area (Å²) in [5.41, 5.74) is 5.06. The number of phenolic OH excluding ortho intramolecular Hbond substituents is 2. The molecule has 3 saturated heterocycles. The van der Waals surface area contributed by atoms with Crippen LogP contribution >= 0.6 is 55.1 Å². The molecule has 3 atom stereocenters. The number of aliphatic hydroxyl groups is 3. The molecule has 0 radical (unpaired) electrons. The summed E-state index contributed by atoms with van der Waals surface area (Å²) in [6, 6.07) is 66.5. The molecule has 410 valence electrons. The Labute approximate surface area is 492 Å². The van der Waals surface area contributed by atoms with Crippen molar-refractivity contribution >= 4 is 55.1 Å². The summed E-state index contributed by atoms with van der Waals surface area (Å²) in [6.45, 7) is 3.47. The highest BCUT2D eigenvalue weighted by atomic mass is 79.9. The van der Waals surface area contributed by atoms with E-state index in [0.29, 0.717) is 39.5 Å². The van der Waals surface area contributed by atoms with Crippen LogP contribution in [-0.4, -0.2) is 73.1 Å². The van der Waals surface area contributed by atoms with E-state index in [9.17, 15) is 25.5 Å². The molecular weight excluding hydrogens is 1160 g/mol. The Bertz CT molecular complexity index is 2910. The average molecular weight is 1230 g/mol. The summed E-state index contributed by atoms with van der Waals surface area (Å²) in [5, 5.41) is 63.9. The van der Waals surface area contributed by atoms with E-state index in [4.69, 9.17) is 23.2 Å². The topological polar surface area (TPSA) is 120 Å². The van der Waals surface area contributed by atoms with Gasteiger partial charge in [0, 0.05) is 74.2 Å². The fourth-order valence-corrected chi connectivity index (χ4v) is 13.5. The van der Waals surface area contributed by atoms with E-state index in [2.05, 4.69) is 47.0 Å². The molecule has 0 bridgehead atoms. The van der Waals surface area contributed by atoms with E-state index in [-0.39, 0.29) is 23.9 Å². The highest BCUT2D eigenvalue weighted by molar-refractivity contribution is 9.08. The summed E-state index contributed by atoms with van der Waals surface area (Å²) in [6.07, 6.45) is 5.64. The number of phenols is 2. The number of benzene rings is 8. The maximum atomic E-state index is 12.6. The van der Waals surface area contributed by atoms with E-state index in [0.717, 1.165) is 114 Å². The van der Waals surface area contributed by atoms with Crippen LogP contribution in [0.5, 0.6) is 11.5 Å². The predicted molar refractivity (Wildman–Crippen MR) is 327 cm³/mol. The van der Waals surface area contributed by atoms with E-state index in [1.165, 1.54) is 0 Å². The molecule has 8 aromatic carbocycles. The van der Waals surface area contributed by atoms with Crippen molar-refractivity contribution < 1.29 is 25.5 Å². The lowest BCUT2D eigenvalue weighted by atomic mass is 9.79. The van der Waals surface area contributed by atoms with Gasteiger partial charge in [0.1, 0.15) is 28.3 Å². The van der Waals surface area contributed by atoms with Crippen molar-refractivity contribution in [2.75, 3.05) is 19.6 Å². The van der Waals surface area contributed by atoms with Crippen molar-refractivity contribution in [1.82, 2.24) is 15.1 Å². The Hall–Kier alpha value is -5.34. The normalized spacial score (nSPS) is 17.9. The molecule has 3 fully saturated rings. The molecule has 3 aliphatic rings. The van der Waals surface area contributed by atoms with E-state index < -0.39 is 16.8 Å². The zero-order valence-corrected chi connectivity index (χ0v) is 48.9. The van der Waals surface area contributed by atoms with Crippen LogP contribution < -0.4 is 5.32 Å². The number of hydrogen-bond donors (Lipinski definition) is 6. The molecule has 3 heterocycles. The van der Waals surface area contributed by atoms with Gasteiger partial charge in [0.25, 0.3) is 0 Å². The van der Waals surface area contributed by atoms with Gasteiger partial charge in [-0.15, -0.1) is 0 Å². The van der Waals surface area contributed by atoms with Crippen LogP contribution in [-0.2, 0) is 40.6 Å². The van der Waals surface area contributed by atoms with Crippen molar-refractivity contribution in [3.8, 4) is 11.5 Å².